The summed E-state index contributed by atoms with van der Waals surface area (Å²) in [6, 6.07) is -0.806. The summed E-state index contributed by atoms with van der Waals surface area (Å²) in [6.07, 6.45) is 71.7. The van der Waals surface area contributed by atoms with Gasteiger partial charge in [0.1, 0.15) is 24.4 Å². The van der Waals surface area contributed by atoms with Crippen LogP contribution >= 0.6 is 0 Å². The van der Waals surface area contributed by atoms with Crippen LogP contribution in [0.1, 0.15) is 361 Å². The normalized spacial score (nSPS) is 18.1. The molecular formula is C74H139NO10. The molecule has 0 aliphatic carbocycles. The minimum atomic E-state index is -1.57. The molecule has 0 radical (unpaired) electrons. The number of hydrogen-bond donors (Lipinski definition) is 6. The van der Waals surface area contributed by atoms with Gasteiger partial charge < -0.3 is 45.1 Å². The fraction of sp³-hybridized carbons (Fsp3) is 0.892. The highest BCUT2D eigenvalue weighted by molar-refractivity contribution is 5.76. The number of unbranched alkanes of at least 4 members (excludes halogenated alkanes) is 47. The molecule has 7 unspecified atom stereocenters. The summed E-state index contributed by atoms with van der Waals surface area (Å²) >= 11 is 0. The SMILES string of the molecule is CCCCCCCC/C=C\CCCCCCCC(=O)OCCCCCCCCCCCCCC/C=C\CCCCCCCCCCCCCCCCCCCC(=O)NC(COC1OC(CO)C(O)C(O)C1O)C(O)/C=C/CCCCCCCCC. The summed E-state index contributed by atoms with van der Waals surface area (Å²) < 4.78 is 16.7. The molecule has 1 rings (SSSR count). The maximum Gasteiger partial charge on any atom is 0.305 e. The molecule has 0 aromatic rings. The zero-order valence-corrected chi connectivity index (χ0v) is 55.6. The van der Waals surface area contributed by atoms with E-state index in [4.69, 9.17) is 14.2 Å². The quantitative estimate of drug-likeness (QED) is 0.0195. The Hall–Kier alpha value is -2.12. The molecule has 0 aromatic heterocycles. The van der Waals surface area contributed by atoms with E-state index in [-0.39, 0.29) is 18.5 Å². The maximum absolute atomic E-state index is 13.0. The molecule has 1 aliphatic heterocycles. The lowest BCUT2D eigenvalue weighted by Gasteiger charge is -2.40. The predicted molar refractivity (Wildman–Crippen MR) is 357 cm³/mol. The molecule has 1 saturated heterocycles. The highest BCUT2D eigenvalue weighted by Gasteiger charge is 2.44. The van der Waals surface area contributed by atoms with Crippen LogP contribution in [0.5, 0.6) is 0 Å². The van der Waals surface area contributed by atoms with Gasteiger partial charge in [0, 0.05) is 12.8 Å². The summed E-state index contributed by atoms with van der Waals surface area (Å²) in [4.78, 5) is 25.1. The van der Waals surface area contributed by atoms with Gasteiger partial charge in [0.05, 0.1) is 32.0 Å². The molecule has 1 aliphatic rings. The van der Waals surface area contributed by atoms with Gasteiger partial charge in [-0.3, -0.25) is 9.59 Å². The maximum atomic E-state index is 13.0. The number of hydrogen-bond acceptors (Lipinski definition) is 10. The van der Waals surface area contributed by atoms with E-state index in [0.29, 0.717) is 19.4 Å². The summed E-state index contributed by atoms with van der Waals surface area (Å²) in [5.74, 6) is -0.176. The van der Waals surface area contributed by atoms with Gasteiger partial charge in [-0.05, 0) is 83.5 Å². The molecule has 1 heterocycles. The molecule has 11 nitrogen and oxygen atoms in total. The molecule has 500 valence electrons. The van der Waals surface area contributed by atoms with E-state index in [0.717, 1.165) is 57.8 Å². The Bertz CT molecular complexity index is 1510. The molecule has 85 heavy (non-hydrogen) atoms. The van der Waals surface area contributed by atoms with E-state index in [1.54, 1.807) is 6.08 Å². The topological polar surface area (TPSA) is 175 Å². The Kier molecular flexibility index (Phi) is 60.4. The Morgan fingerprint density at radius 2 is 0.753 bits per heavy atom. The van der Waals surface area contributed by atoms with E-state index in [2.05, 4.69) is 43.5 Å². The smallest absolute Gasteiger partial charge is 0.305 e. The Labute approximate surface area is 523 Å². The van der Waals surface area contributed by atoms with Crippen molar-refractivity contribution in [2.75, 3.05) is 19.8 Å². The zero-order chi connectivity index (χ0) is 61.6. The number of aliphatic hydroxyl groups is 5. The molecule has 0 saturated carbocycles. The molecule has 7 atom stereocenters. The van der Waals surface area contributed by atoms with Crippen molar-refractivity contribution >= 4 is 11.9 Å². The Morgan fingerprint density at radius 3 is 1.13 bits per heavy atom. The zero-order valence-electron chi connectivity index (χ0n) is 55.6. The first kappa shape index (κ1) is 80.9. The van der Waals surface area contributed by atoms with Crippen LogP contribution in [0.2, 0.25) is 0 Å². The third-order valence-corrected chi connectivity index (χ3v) is 17.5. The minimum absolute atomic E-state index is 0.00379. The van der Waals surface area contributed by atoms with Gasteiger partial charge in [-0.2, -0.15) is 0 Å². The van der Waals surface area contributed by atoms with Crippen molar-refractivity contribution in [2.24, 2.45) is 0 Å². The lowest BCUT2D eigenvalue weighted by Crippen LogP contribution is -2.60. The van der Waals surface area contributed by atoms with Crippen LogP contribution in [0.25, 0.3) is 0 Å². The van der Waals surface area contributed by atoms with E-state index < -0.39 is 49.5 Å². The van der Waals surface area contributed by atoms with Gasteiger partial charge in [0.2, 0.25) is 5.91 Å². The number of carbonyl (C=O) groups excluding carboxylic acids is 2. The average molecular weight is 1200 g/mol. The van der Waals surface area contributed by atoms with Gasteiger partial charge in [0.25, 0.3) is 0 Å². The number of nitrogens with one attached hydrogen (secondary N) is 1. The Morgan fingerprint density at radius 1 is 0.424 bits per heavy atom. The van der Waals surface area contributed by atoms with E-state index in [1.807, 2.05) is 6.08 Å². The number of carbonyl (C=O) groups is 2. The third kappa shape index (κ3) is 52.4. The van der Waals surface area contributed by atoms with Crippen molar-refractivity contribution in [1.29, 1.82) is 0 Å². The van der Waals surface area contributed by atoms with Crippen molar-refractivity contribution in [1.82, 2.24) is 5.32 Å². The summed E-state index contributed by atoms with van der Waals surface area (Å²) in [5.41, 5.74) is 0. The van der Waals surface area contributed by atoms with Crippen molar-refractivity contribution in [2.45, 2.75) is 403 Å². The second-order valence-electron chi connectivity index (χ2n) is 25.6. The van der Waals surface area contributed by atoms with Crippen molar-refractivity contribution in [3.05, 3.63) is 36.5 Å². The highest BCUT2D eigenvalue weighted by atomic mass is 16.7. The van der Waals surface area contributed by atoms with Crippen LogP contribution in [0.3, 0.4) is 0 Å². The van der Waals surface area contributed by atoms with E-state index in [9.17, 15) is 35.1 Å². The minimum Gasteiger partial charge on any atom is -0.466 e. The van der Waals surface area contributed by atoms with Crippen LogP contribution in [-0.2, 0) is 23.8 Å². The van der Waals surface area contributed by atoms with Gasteiger partial charge in [-0.15, -0.1) is 0 Å². The lowest BCUT2D eigenvalue weighted by molar-refractivity contribution is -0.302. The molecule has 1 amide bonds. The number of allylic oxidation sites excluding steroid dienone is 5. The first-order chi connectivity index (χ1) is 41.7. The fourth-order valence-corrected chi connectivity index (χ4v) is 11.7. The Balaban J connectivity index is 1.89. The standard InChI is InChI=1S/C74H139NO10/c1-3-5-7-9-11-13-14-15-35-39-42-46-50-54-58-62-70(79)83-63-59-55-51-47-43-40-37-34-32-30-28-26-24-22-20-18-16-17-19-21-23-25-27-29-31-33-36-38-41-45-49-53-57-61-69(78)75-66(67(77)60-56-52-48-44-12-10-8-6-4-2)65-84-74-73(82)72(81)71(80)68(64-76)85-74/h15,20,22,35,56,60,66-68,71-74,76-77,80-82H,3-14,16-19,21,23-34,36-55,57-59,61-65H2,1-2H3,(H,75,78)/b22-20-,35-15-,60-56+. The molecule has 1 fully saturated rings. The highest BCUT2D eigenvalue weighted by Crippen LogP contribution is 2.23. The van der Waals surface area contributed by atoms with Crippen LogP contribution in [0, 0.1) is 0 Å². The van der Waals surface area contributed by atoms with Crippen molar-refractivity contribution < 1.29 is 49.3 Å². The van der Waals surface area contributed by atoms with Crippen LogP contribution in [0.15, 0.2) is 36.5 Å². The molecule has 0 bridgehead atoms. The summed E-state index contributed by atoms with van der Waals surface area (Å²) in [7, 11) is 0. The lowest BCUT2D eigenvalue weighted by atomic mass is 9.99. The monoisotopic (exact) mass is 1200 g/mol. The second-order valence-corrected chi connectivity index (χ2v) is 25.6. The number of esters is 1. The number of rotatable bonds is 65. The second kappa shape index (κ2) is 63.4. The van der Waals surface area contributed by atoms with E-state index in [1.165, 1.54) is 276 Å². The van der Waals surface area contributed by atoms with Gasteiger partial charge in [0.15, 0.2) is 6.29 Å². The van der Waals surface area contributed by atoms with E-state index >= 15 is 0 Å². The van der Waals surface area contributed by atoms with Crippen LogP contribution < -0.4 is 5.32 Å². The summed E-state index contributed by atoms with van der Waals surface area (Å²) in [5, 5.41) is 54.3. The number of amides is 1. The molecule has 0 aromatic carbocycles. The molecule has 6 N–H and O–H groups in total. The van der Waals surface area contributed by atoms with Crippen LogP contribution in [0.4, 0.5) is 0 Å². The van der Waals surface area contributed by atoms with Gasteiger partial charge in [-0.25, -0.2) is 0 Å². The predicted octanol–water partition coefficient (Wildman–Crippen LogP) is 19.0. The van der Waals surface area contributed by atoms with Crippen molar-refractivity contribution in [3.63, 3.8) is 0 Å². The average Bonchev–Trinajstić information content (AvgIpc) is 3.68. The molecular weight excluding hydrogens is 1060 g/mol. The first-order valence-electron chi connectivity index (χ1n) is 36.8. The first-order valence-corrected chi connectivity index (χ1v) is 36.8. The number of ether oxygens (including phenoxy) is 3. The molecule has 11 heteroatoms. The largest absolute Gasteiger partial charge is 0.466 e. The molecule has 0 spiro atoms. The fourth-order valence-electron chi connectivity index (χ4n) is 11.7. The van der Waals surface area contributed by atoms with Crippen molar-refractivity contribution in [3.8, 4) is 0 Å². The number of aliphatic hydroxyl groups excluding tert-OH is 5. The third-order valence-electron chi connectivity index (χ3n) is 17.5. The van der Waals surface area contributed by atoms with Gasteiger partial charge in [-0.1, -0.05) is 301 Å². The summed E-state index contributed by atoms with van der Waals surface area (Å²) in [6.45, 7) is 4.34. The van der Waals surface area contributed by atoms with Crippen LogP contribution in [-0.4, -0.2) is 100 Å². The van der Waals surface area contributed by atoms with Gasteiger partial charge >= 0.3 is 5.97 Å².